The van der Waals surface area contributed by atoms with Gasteiger partial charge in [0.05, 0.1) is 24.6 Å². The molecule has 2 aromatic heterocycles. The Morgan fingerprint density at radius 1 is 0.556 bits per heavy atom. The topological polar surface area (TPSA) is 132 Å². The molecular formula is C42H41N2NaO9. The molecule has 54 heavy (non-hydrogen) atoms. The molecule has 4 aromatic carbocycles. The first kappa shape index (κ1) is 39.8. The van der Waals surface area contributed by atoms with Crippen molar-refractivity contribution in [2.45, 2.75) is 51.7 Å². The van der Waals surface area contributed by atoms with Gasteiger partial charge in [0.2, 0.25) is 23.0 Å². The van der Waals surface area contributed by atoms with E-state index in [1.807, 2.05) is 60.7 Å². The van der Waals surface area contributed by atoms with E-state index >= 15 is 0 Å². The number of hydrogen-bond acceptors (Lipinski definition) is 11. The summed E-state index contributed by atoms with van der Waals surface area (Å²) in [5.41, 5.74) is 0.420. The SMILES string of the molecule is CC(C)(Oc1ccc(OCCc2coc(-c3ccccc3)n2)cc1)C(=O)OC(=O)C(C)(C)Oc1ccc(OCCc2coc(-c3ccccc3)n2)cc1.[H-].[Na+]. The Bertz CT molecular complexity index is 1950. The molecular weight excluding hydrogens is 699 g/mol. The van der Waals surface area contributed by atoms with Crippen LogP contribution in [-0.4, -0.2) is 46.3 Å². The van der Waals surface area contributed by atoms with E-state index in [0.29, 0.717) is 60.8 Å². The Labute approximate surface area is 337 Å². The maximum absolute atomic E-state index is 13.0. The number of esters is 2. The molecule has 0 aliphatic heterocycles. The Hall–Kier alpha value is -5.36. The van der Waals surface area contributed by atoms with Gasteiger partial charge in [-0.15, -0.1) is 0 Å². The Kier molecular flexibility index (Phi) is 13.4. The quantitative estimate of drug-likeness (QED) is 0.0714. The summed E-state index contributed by atoms with van der Waals surface area (Å²) in [5, 5.41) is 0. The van der Waals surface area contributed by atoms with Crippen molar-refractivity contribution in [1.29, 1.82) is 0 Å². The largest absolute Gasteiger partial charge is 1.00 e. The summed E-state index contributed by atoms with van der Waals surface area (Å²) < 4.78 is 39.9. The van der Waals surface area contributed by atoms with Crippen LogP contribution >= 0.6 is 0 Å². The summed E-state index contributed by atoms with van der Waals surface area (Å²) in [6.45, 7) is 6.85. The van der Waals surface area contributed by atoms with Crippen molar-refractivity contribution in [3.63, 3.8) is 0 Å². The van der Waals surface area contributed by atoms with E-state index in [0.717, 1.165) is 22.5 Å². The second-order valence-corrected chi connectivity index (χ2v) is 13.1. The third-order valence-corrected chi connectivity index (χ3v) is 7.96. The molecule has 6 rings (SSSR count). The maximum atomic E-state index is 13.0. The van der Waals surface area contributed by atoms with Crippen LogP contribution in [0.25, 0.3) is 22.9 Å². The number of carbonyl (C=O) groups excluding carboxylic acids is 2. The molecule has 6 aromatic rings. The zero-order valence-corrected chi connectivity index (χ0v) is 32.9. The average molecular weight is 741 g/mol. The van der Waals surface area contributed by atoms with Gasteiger partial charge in [-0.05, 0) is 100 Å². The summed E-state index contributed by atoms with van der Waals surface area (Å²) >= 11 is 0. The second kappa shape index (κ2) is 18.1. The van der Waals surface area contributed by atoms with Gasteiger partial charge >= 0.3 is 41.5 Å². The molecule has 2 heterocycles. The standard InChI is InChI=1S/C42H40N2O9.Na.H/c1-41(2,52-35-19-15-33(16-20-35)47-25-23-31-27-49-37(43-31)29-11-7-5-8-12-29)39(45)51-40(46)42(3,4)53-36-21-17-34(18-22-36)48-26-24-32-28-50-38(44-32)30-13-9-6-10-14-30;;/h5-22,27-28H,23-26H2,1-4H3;;/q;+1;-1. The number of rotatable bonds is 16. The van der Waals surface area contributed by atoms with Gasteiger partial charge in [-0.25, -0.2) is 19.6 Å². The van der Waals surface area contributed by atoms with Crippen molar-refractivity contribution in [1.82, 2.24) is 9.97 Å². The number of aromatic nitrogens is 2. The van der Waals surface area contributed by atoms with Gasteiger partial charge in [-0.3, -0.25) is 0 Å². The molecule has 11 nitrogen and oxygen atoms in total. The number of benzene rings is 4. The predicted octanol–water partition coefficient (Wildman–Crippen LogP) is 5.44. The molecule has 0 amide bonds. The zero-order chi connectivity index (χ0) is 37.3. The molecule has 0 N–H and O–H groups in total. The monoisotopic (exact) mass is 740 g/mol. The number of carbonyl (C=O) groups is 2. The summed E-state index contributed by atoms with van der Waals surface area (Å²) in [7, 11) is 0. The van der Waals surface area contributed by atoms with Gasteiger partial charge in [0.25, 0.3) is 0 Å². The molecule has 0 fully saturated rings. The van der Waals surface area contributed by atoms with Gasteiger partial charge in [-0.1, -0.05) is 36.4 Å². The van der Waals surface area contributed by atoms with Gasteiger partial charge in [0, 0.05) is 24.0 Å². The fraction of sp³-hybridized carbons (Fsp3) is 0.238. The Morgan fingerprint density at radius 3 is 1.28 bits per heavy atom. The first-order valence-electron chi connectivity index (χ1n) is 17.1. The minimum Gasteiger partial charge on any atom is -1.00 e. The van der Waals surface area contributed by atoms with Crippen molar-refractivity contribution < 1.29 is 73.1 Å². The molecule has 0 atom stereocenters. The minimum absolute atomic E-state index is 0. The van der Waals surface area contributed by atoms with E-state index in [9.17, 15) is 9.59 Å². The van der Waals surface area contributed by atoms with E-state index < -0.39 is 23.1 Å². The van der Waals surface area contributed by atoms with Crippen molar-refractivity contribution in [3.05, 3.63) is 133 Å². The molecule has 274 valence electrons. The minimum atomic E-state index is -1.48. The van der Waals surface area contributed by atoms with Crippen LogP contribution in [0.4, 0.5) is 0 Å². The molecule has 0 aliphatic carbocycles. The maximum Gasteiger partial charge on any atom is 1.00 e. The van der Waals surface area contributed by atoms with Crippen LogP contribution in [0.5, 0.6) is 23.0 Å². The summed E-state index contributed by atoms with van der Waals surface area (Å²) in [6, 6.07) is 33.0. The van der Waals surface area contributed by atoms with Crippen LogP contribution in [0, 0.1) is 0 Å². The van der Waals surface area contributed by atoms with Crippen molar-refractivity contribution in [2.75, 3.05) is 13.2 Å². The Morgan fingerprint density at radius 2 is 0.907 bits per heavy atom. The van der Waals surface area contributed by atoms with Gasteiger partial charge in [0.1, 0.15) is 35.5 Å². The molecule has 0 bridgehead atoms. The number of ether oxygens (including phenoxy) is 5. The number of nitrogens with zero attached hydrogens (tertiary/aromatic N) is 2. The van der Waals surface area contributed by atoms with Crippen LogP contribution in [0.15, 0.2) is 131 Å². The number of oxazole rings is 2. The first-order valence-corrected chi connectivity index (χ1v) is 17.1. The van der Waals surface area contributed by atoms with Crippen LogP contribution in [0.3, 0.4) is 0 Å². The molecule has 0 saturated carbocycles. The van der Waals surface area contributed by atoms with E-state index in [-0.39, 0.29) is 31.0 Å². The summed E-state index contributed by atoms with van der Waals surface area (Å²) in [4.78, 5) is 35.1. The van der Waals surface area contributed by atoms with Gasteiger partial charge < -0.3 is 33.9 Å². The molecule has 0 radical (unpaired) electrons. The fourth-order valence-corrected chi connectivity index (χ4v) is 5.03. The average Bonchev–Trinajstić information content (AvgIpc) is 3.84. The van der Waals surface area contributed by atoms with Crippen molar-refractivity contribution in [3.8, 4) is 45.9 Å². The van der Waals surface area contributed by atoms with E-state index in [4.69, 9.17) is 32.5 Å². The predicted molar refractivity (Wildman–Crippen MR) is 197 cm³/mol. The van der Waals surface area contributed by atoms with E-state index in [2.05, 4.69) is 9.97 Å². The van der Waals surface area contributed by atoms with Gasteiger partial charge in [0.15, 0.2) is 0 Å². The van der Waals surface area contributed by atoms with Crippen LogP contribution in [0.1, 0.15) is 40.5 Å². The normalized spacial score (nSPS) is 11.3. The smallest absolute Gasteiger partial charge is 1.00 e. The van der Waals surface area contributed by atoms with Crippen LogP contribution in [-0.2, 0) is 27.2 Å². The third-order valence-electron chi connectivity index (χ3n) is 7.96. The van der Waals surface area contributed by atoms with Crippen molar-refractivity contribution >= 4 is 11.9 Å². The summed E-state index contributed by atoms with van der Waals surface area (Å²) in [6.07, 6.45) is 4.37. The fourth-order valence-electron chi connectivity index (χ4n) is 5.03. The van der Waals surface area contributed by atoms with Gasteiger partial charge in [-0.2, -0.15) is 0 Å². The van der Waals surface area contributed by atoms with Crippen LogP contribution < -0.4 is 48.5 Å². The zero-order valence-electron chi connectivity index (χ0n) is 31.9. The molecule has 12 heteroatoms. The Balaban J connectivity index is 0.00000336. The summed E-state index contributed by atoms with van der Waals surface area (Å²) in [5.74, 6) is 1.41. The van der Waals surface area contributed by atoms with E-state index in [1.165, 1.54) is 27.7 Å². The molecule has 0 aliphatic rings. The first-order chi connectivity index (χ1) is 25.5. The second-order valence-electron chi connectivity index (χ2n) is 13.1. The van der Waals surface area contributed by atoms with E-state index in [1.54, 1.807) is 61.1 Å². The molecule has 0 unspecified atom stereocenters. The third kappa shape index (κ3) is 10.8. The van der Waals surface area contributed by atoms with Crippen LogP contribution in [0.2, 0.25) is 0 Å². The molecule has 0 saturated heterocycles. The molecule has 0 spiro atoms. The van der Waals surface area contributed by atoms with Crippen molar-refractivity contribution in [2.24, 2.45) is 0 Å². The number of hydrogen-bond donors (Lipinski definition) is 0.